The molecule has 0 aliphatic carbocycles. The molecule has 0 radical (unpaired) electrons. The van der Waals surface area contributed by atoms with Gasteiger partial charge in [-0.2, -0.15) is 11.8 Å². The molecule has 2 atom stereocenters. The number of carbonyl (C=O) groups excluding carboxylic acids is 1. The van der Waals surface area contributed by atoms with Gasteiger partial charge in [-0.05, 0) is 26.0 Å². The topological polar surface area (TPSA) is 33.2 Å². The minimum absolute atomic E-state index is 0.0633. The van der Waals surface area contributed by atoms with Crippen molar-refractivity contribution in [3.8, 4) is 0 Å². The van der Waals surface area contributed by atoms with Gasteiger partial charge >= 0.3 is 0 Å². The SMILES string of the molecule is Cc1cccc(C(=O)N2CCS[C@@H](C)[C@H]2C)n1. The van der Waals surface area contributed by atoms with Crippen molar-refractivity contribution in [1.82, 2.24) is 9.88 Å². The molecule has 1 aromatic rings. The molecule has 17 heavy (non-hydrogen) atoms. The van der Waals surface area contributed by atoms with Crippen LogP contribution in [0.15, 0.2) is 18.2 Å². The van der Waals surface area contributed by atoms with Gasteiger partial charge in [0.1, 0.15) is 5.69 Å². The van der Waals surface area contributed by atoms with Gasteiger partial charge in [0.25, 0.3) is 5.91 Å². The summed E-state index contributed by atoms with van der Waals surface area (Å²) in [6.45, 7) is 7.03. The van der Waals surface area contributed by atoms with Gasteiger partial charge in [-0.15, -0.1) is 0 Å². The molecule has 1 aromatic heterocycles. The van der Waals surface area contributed by atoms with E-state index in [9.17, 15) is 4.79 Å². The standard InChI is InChI=1S/C13H18N2OS/c1-9-5-4-6-12(14-9)13(16)15-7-8-17-11(3)10(15)2/h4-6,10-11H,7-8H2,1-3H3/t10-,11+/m1/s1. The third kappa shape index (κ3) is 2.63. The van der Waals surface area contributed by atoms with E-state index in [-0.39, 0.29) is 11.9 Å². The van der Waals surface area contributed by atoms with Gasteiger partial charge in [0.2, 0.25) is 0 Å². The van der Waals surface area contributed by atoms with Gasteiger partial charge in [-0.1, -0.05) is 13.0 Å². The molecule has 4 heteroatoms. The fourth-order valence-corrected chi connectivity index (χ4v) is 3.13. The lowest BCUT2D eigenvalue weighted by atomic mass is 10.2. The van der Waals surface area contributed by atoms with Crippen molar-refractivity contribution in [2.75, 3.05) is 12.3 Å². The van der Waals surface area contributed by atoms with E-state index in [2.05, 4.69) is 18.8 Å². The van der Waals surface area contributed by atoms with Crippen LogP contribution in [-0.4, -0.2) is 39.4 Å². The molecule has 92 valence electrons. The molecule has 2 heterocycles. The summed E-state index contributed by atoms with van der Waals surface area (Å²) in [6, 6.07) is 5.88. The first kappa shape index (κ1) is 12.4. The number of hydrogen-bond donors (Lipinski definition) is 0. The zero-order valence-corrected chi connectivity index (χ0v) is 11.3. The molecule has 3 nitrogen and oxygen atoms in total. The molecule has 1 aliphatic rings. The molecule has 0 aromatic carbocycles. The van der Waals surface area contributed by atoms with E-state index < -0.39 is 0 Å². The van der Waals surface area contributed by atoms with Crippen LogP contribution in [0, 0.1) is 6.92 Å². The second-order valence-electron chi connectivity index (χ2n) is 4.48. The fourth-order valence-electron chi connectivity index (χ4n) is 2.03. The fraction of sp³-hybridized carbons (Fsp3) is 0.538. The third-order valence-corrected chi connectivity index (χ3v) is 4.59. The van der Waals surface area contributed by atoms with Crippen LogP contribution in [0.4, 0.5) is 0 Å². The lowest BCUT2D eigenvalue weighted by Gasteiger charge is -2.37. The Morgan fingerprint density at radius 2 is 2.24 bits per heavy atom. The Kier molecular flexibility index (Phi) is 3.72. The van der Waals surface area contributed by atoms with E-state index in [0.717, 1.165) is 18.0 Å². The zero-order chi connectivity index (χ0) is 12.4. The smallest absolute Gasteiger partial charge is 0.272 e. The number of aryl methyl sites for hydroxylation is 1. The number of carbonyl (C=O) groups is 1. The van der Waals surface area contributed by atoms with Gasteiger partial charge in [0.05, 0.1) is 0 Å². The van der Waals surface area contributed by atoms with Crippen molar-refractivity contribution in [3.63, 3.8) is 0 Å². The highest BCUT2D eigenvalue weighted by molar-refractivity contribution is 8.00. The molecule has 0 bridgehead atoms. The Bertz CT molecular complexity index is 422. The Morgan fingerprint density at radius 3 is 2.94 bits per heavy atom. The number of aromatic nitrogens is 1. The predicted octanol–water partition coefficient (Wildman–Crippen LogP) is 2.36. The number of amides is 1. The quantitative estimate of drug-likeness (QED) is 0.767. The van der Waals surface area contributed by atoms with Crippen LogP contribution in [0.3, 0.4) is 0 Å². The number of pyridine rings is 1. The molecule has 1 aliphatic heterocycles. The predicted molar refractivity (Wildman–Crippen MR) is 71.4 cm³/mol. The van der Waals surface area contributed by atoms with Crippen LogP contribution >= 0.6 is 11.8 Å². The molecule has 0 unspecified atom stereocenters. The summed E-state index contributed by atoms with van der Waals surface area (Å²) in [6.07, 6.45) is 0. The van der Waals surface area contributed by atoms with Crippen molar-refractivity contribution < 1.29 is 4.79 Å². The van der Waals surface area contributed by atoms with Crippen LogP contribution < -0.4 is 0 Å². The van der Waals surface area contributed by atoms with Crippen LogP contribution in [0.1, 0.15) is 30.0 Å². The van der Waals surface area contributed by atoms with Gasteiger partial charge in [-0.3, -0.25) is 4.79 Å². The molecule has 1 amide bonds. The van der Waals surface area contributed by atoms with E-state index in [1.807, 2.05) is 35.7 Å². The first-order valence-corrected chi connectivity index (χ1v) is 7.00. The van der Waals surface area contributed by atoms with Gasteiger partial charge < -0.3 is 4.90 Å². The van der Waals surface area contributed by atoms with Gasteiger partial charge in [0, 0.05) is 29.3 Å². The maximum atomic E-state index is 12.4. The average Bonchev–Trinajstić information content (AvgIpc) is 2.32. The van der Waals surface area contributed by atoms with E-state index in [1.165, 1.54) is 0 Å². The molecular formula is C13H18N2OS. The summed E-state index contributed by atoms with van der Waals surface area (Å²) >= 11 is 1.93. The van der Waals surface area contributed by atoms with Crippen molar-refractivity contribution in [1.29, 1.82) is 0 Å². The number of thioether (sulfide) groups is 1. The molecule has 0 saturated carbocycles. The number of hydrogen-bond acceptors (Lipinski definition) is 3. The summed E-state index contributed by atoms with van der Waals surface area (Å²) in [5.74, 6) is 1.08. The number of nitrogens with zero attached hydrogens (tertiary/aromatic N) is 2. The summed E-state index contributed by atoms with van der Waals surface area (Å²) < 4.78 is 0. The van der Waals surface area contributed by atoms with E-state index in [0.29, 0.717) is 10.9 Å². The third-order valence-electron chi connectivity index (χ3n) is 3.25. The molecule has 1 saturated heterocycles. The Balaban J connectivity index is 2.19. The van der Waals surface area contributed by atoms with Crippen LogP contribution in [0.5, 0.6) is 0 Å². The minimum atomic E-state index is 0.0633. The lowest BCUT2D eigenvalue weighted by molar-refractivity contribution is 0.0692. The van der Waals surface area contributed by atoms with Crippen molar-refractivity contribution in [3.05, 3.63) is 29.6 Å². The highest BCUT2D eigenvalue weighted by Gasteiger charge is 2.29. The van der Waals surface area contributed by atoms with Crippen molar-refractivity contribution in [2.24, 2.45) is 0 Å². The van der Waals surface area contributed by atoms with Crippen molar-refractivity contribution in [2.45, 2.75) is 32.1 Å². The van der Waals surface area contributed by atoms with E-state index >= 15 is 0 Å². The maximum Gasteiger partial charge on any atom is 0.272 e. The summed E-state index contributed by atoms with van der Waals surface area (Å²) in [7, 11) is 0. The van der Waals surface area contributed by atoms with Crippen LogP contribution in [0.2, 0.25) is 0 Å². The largest absolute Gasteiger partial charge is 0.333 e. The Morgan fingerprint density at radius 1 is 1.47 bits per heavy atom. The van der Waals surface area contributed by atoms with E-state index in [1.54, 1.807) is 6.07 Å². The van der Waals surface area contributed by atoms with Gasteiger partial charge in [-0.25, -0.2) is 4.98 Å². The maximum absolute atomic E-state index is 12.4. The second-order valence-corrected chi connectivity index (χ2v) is 5.96. The minimum Gasteiger partial charge on any atom is -0.333 e. The Labute approximate surface area is 107 Å². The summed E-state index contributed by atoms with van der Waals surface area (Å²) in [5.41, 5.74) is 1.46. The first-order chi connectivity index (χ1) is 8.09. The zero-order valence-electron chi connectivity index (χ0n) is 10.5. The molecule has 0 N–H and O–H groups in total. The highest BCUT2D eigenvalue weighted by Crippen LogP contribution is 2.25. The van der Waals surface area contributed by atoms with Crippen LogP contribution in [0.25, 0.3) is 0 Å². The van der Waals surface area contributed by atoms with Crippen molar-refractivity contribution >= 4 is 17.7 Å². The van der Waals surface area contributed by atoms with E-state index in [4.69, 9.17) is 0 Å². The highest BCUT2D eigenvalue weighted by atomic mass is 32.2. The summed E-state index contributed by atoms with van der Waals surface area (Å²) in [5, 5.41) is 0.498. The summed E-state index contributed by atoms with van der Waals surface area (Å²) in [4.78, 5) is 18.6. The number of rotatable bonds is 1. The van der Waals surface area contributed by atoms with Crippen LogP contribution in [-0.2, 0) is 0 Å². The molecule has 1 fully saturated rings. The average molecular weight is 250 g/mol. The first-order valence-electron chi connectivity index (χ1n) is 5.96. The Hall–Kier alpha value is -1.03. The molecular weight excluding hydrogens is 232 g/mol. The van der Waals surface area contributed by atoms with Gasteiger partial charge in [0.15, 0.2) is 0 Å². The molecule has 0 spiro atoms. The normalized spacial score (nSPS) is 24.8. The molecule has 2 rings (SSSR count). The monoisotopic (exact) mass is 250 g/mol. The second kappa shape index (κ2) is 5.08. The lowest BCUT2D eigenvalue weighted by Crippen LogP contribution is -2.48.